The molecule has 318 valence electrons. The third-order valence-corrected chi connectivity index (χ3v) is 13.5. The molecule has 1 aromatic heterocycles. The molecule has 0 bridgehead atoms. The van der Waals surface area contributed by atoms with Crippen molar-refractivity contribution in [2.75, 3.05) is 18.5 Å². The molecule has 10 nitrogen and oxygen atoms in total. The van der Waals surface area contributed by atoms with Gasteiger partial charge in [0.1, 0.15) is 23.1 Å². The molecule has 0 saturated heterocycles. The van der Waals surface area contributed by atoms with Gasteiger partial charge in [-0.1, -0.05) is 74.8 Å². The molecule has 11 heteroatoms. The molecule has 4 aromatic rings. The van der Waals surface area contributed by atoms with Crippen LogP contribution < -0.4 is 20.1 Å². The summed E-state index contributed by atoms with van der Waals surface area (Å²) in [5, 5.41) is 27.1. The Balaban J connectivity index is 1.06. The number of carbonyl (C=O) groups excluding carboxylic acids is 1. The molecule has 3 aromatic carbocycles. The van der Waals surface area contributed by atoms with Crippen molar-refractivity contribution in [1.29, 1.82) is 0 Å². The van der Waals surface area contributed by atoms with Gasteiger partial charge in [0, 0.05) is 41.0 Å². The fraction of sp³-hybridized carbons (Fsp3) is 0.469. The van der Waals surface area contributed by atoms with Crippen molar-refractivity contribution in [3.05, 3.63) is 118 Å². The molecule has 5 atom stereocenters. The number of pyridine rings is 1. The predicted octanol–water partition coefficient (Wildman–Crippen LogP) is 9.42. The number of hydrogen-bond acceptors (Lipinski definition) is 7. The van der Waals surface area contributed by atoms with E-state index in [1.54, 1.807) is 12.1 Å². The molecule has 1 spiro atoms. The van der Waals surface area contributed by atoms with Gasteiger partial charge in [0.2, 0.25) is 5.91 Å². The number of halogens is 1. The van der Waals surface area contributed by atoms with E-state index < -0.39 is 23.5 Å². The minimum atomic E-state index is -1.14. The van der Waals surface area contributed by atoms with Crippen LogP contribution in [0.5, 0.6) is 11.5 Å². The number of hydrogen-bond donors (Lipinski definition) is 4. The number of fused-ring (bicyclic) bond motifs is 3. The monoisotopic (exact) mass is 835 g/mol. The van der Waals surface area contributed by atoms with Crippen molar-refractivity contribution < 1.29 is 34.1 Å². The fourth-order valence-corrected chi connectivity index (χ4v) is 10.3. The summed E-state index contributed by atoms with van der Waals surface area (Å²) in [7, 11) is 0. The Morgan fingerprint density at radius 2 is 1.68 bits per heavy atom. The van der Waals surface area contributed by atoms with Gasteiger partial charge in [0.15, 0.2) is 0 Å². The van der Waals surface area contributed by atoms with Gasteiger partial charge in [-0.2, -0.15) is 0 Å². The maximum atomic E-state index is 13.1. The third kappa shape index (κ3) is 9.75. The highest BCUT2D eigenvalue weighted by atomic mass is 35.5. The van der Waals surface area contributed by atoms with E-state index in [2.05, 4.69) is 41.6 Å². The quantitative estimate of drug-likeness (QED) is 0.0817. The van der Waals surface area contributed by atoms with Crippen molar-refractivity contribution in [2.45, 2.75) is 114 Å². The van der Waals surface area contributed by atoms with Crippen LogP contribution in [-0.2, 0) is 39.1 Å². The summed E-state index contributed by atoms with van der Waals surface area (Å²) in [6.07, 6.45) is 9.51. The zero-order valence-electron chi connectivity index (χ0n) is 34.9. The van der Waals surface area contributed by atoms with Crippen molar-refractivity contribution in [3.8, 4) is 11.5 Å². The number of ether oxygens (including phenoxy) is 2. The zero-order chi connectivity index (χ0) is 42.4. The number of carbonyl (C=O) groups is 3. The average molecular weight is 836 g/mol. The number of rotatable bonds is 17. The lowest BCUT2D eigenvalue weighted by molar-refractivity contribution is -0.144. The number of nitrogens with one attached hydrogen (secondary N) is 2. The molecule has 7 rings (SSSR count). The lowest BCUT2D eigenvalue weighted by Gasteiger charge is -2.47. The Bertz CT molecular complexity index is 2150. The van der Waals surface area contributed by atoms with Crippen LogP contribution in [0.2, 0.25) is 5.02 Å². The standard InChI is InChI=1S/C49H58ClN3O7/c1-31(30-60-43-17-22-51-41-14-7-9-33(3)45(41)43)23-36-26-35-15-16-39(59-29-32(2)24-44(54)52-42(46(55)56)25-34-10-5-4-6-11-34)28-40(35)48(36)18-20-49(21-19-48,47(57)58)53-38-13-8-12-37(50)27-38/h4-6,8,10-13,15-17,22,27-28,31-33,36,42,53H,7,9,14,18-21,23-26,29-30H2,1-3H3,(H,52,54)(H,55,56)(H,57,58)/t31-,32?,33-,36+,42+,48?,49?/m1/s1. The Kier molecular flexibility index (Phi) is 13.4. The Labute approximate surface area is 358 Å². The normalized spacial score (nSPS) is 23.4. The number of carboxylic acids is 2. The molecule has 0 aliphatic heterocycles. The summed E-state index contributed by atoms with van der Waals surface area (Å²) in [6, 6.07) is 23.8. The predicted molar refractivity (Wildman–Crippen MR) is 233 cm³/mol. The van der Waals surface area contributed by atoms with Crippen LogP contribution in [0.15, 0.2) is 85.1 Å². The number of aromatic nitrogens is 1. The van der Waals surface area contributed by atoms with Gasteiger partial charge in [-0.3, -0.25) is 9.78 Å². The molecule has 60 heavy (non-hydrogen) atoms. The fourth-order valence-electron chi connectivity index (χ4n) is 10.1. The van der Waals surface area contributed by atoms with E-state index in [1.165, 1.54) is 16.7 Å². The van der Waals surface area contributed by atoms with Gasteiger partial charge >= 0.3 is 11.9 Å². The van der Waals surface area contributed by atoms with Crippen molar-refractivity contribution >= 4 is 35.1 Å². The number of aryl methyl sites for hydroxylation is 1. The lowest BCUT2D eigenvalue weighted by atomic mass is 9.59. The molecule has 4 N–H and O–H groups in total. The van der Waals surface area contributed by atoms with Crippen LogP contribution in [0.1, 0.15) is 106 Å². The third-order valence-electron chi connectivity index (χ3n) is 13.2. The molecule has 1 amide bonds. The smallest absolute Gasteiger partial charge is 0.329 e. The van der Waals surface area contributed by atoms with Crippen LogP contribution in [0, 0.1) is 17.8 Å². The molecule has 1 heterocycles. The number of anilines is 1. The second-order valence-corrected chi connectivity index (χ2v) is 18.2. The molecule has 3 aliphatic rings. The maximum Gasteiger partial charge on any atom is 0.329 e. The Morgan fingerprint density at radius 1 is 0.917 bits per heavy atom. The van der Waals surface area contributed by atoms with Crippen molar-refractivity contribution in [2.24, 2.45) is 17.8 Å². The van der Waals surface area contributed by atoms with Gasteiger partial charge in [-0.05, 0) is 140 Å². The van der Waals surface area contributed by atoms with E-state index in [-0.39, 0.29) is 48.5 Å². The first-order chi connectivity index (χ1) is 28.8. The number of carboxylic acid groups (broad SMARTS) is 2. The van der Waals surface area contributed by atoms with Crippen LogP contribution in [0.3, 0.4) is 0 Å². The van der Waals surface area contributed by atoms with Crippen LogP contribution in [-0.4, -0.2) is 57.8 Å². The number of nitrogens with zero attached hydrogens (tertiary/aromatic N) is 1. The summed E-state index contributed by atoms with van der Waals surface area (Å²) in [5.41, 5.74) is 5.00. The van der Waals surface area contributed by atoms with Crippen LogP contribution >= 0.6 is 11.6 Å². The number of benzene rings is 3. The van der Waals surface area contributed by atoms with Crippen molar-refractivity contribution in [3.63, 3.8) is 0 Å². The Hall–Kier alpha value is -5.09. The van der Waals surface area contributed by atoms with Gasteiger partial charge < -0.3 is 30.3 Å². The largest absolute Gasteiger partial charge is 0.493 e. The van der Waals surface area contributed by atoms with E-state index >= 15 is 0 Å². The first kappa shape index (κ1) is 43.0. The molecule has 1 unspecified atom stereocenters. The summed E-state index contributed by atoms with van der Waals surface area (Å²) in [5.74, 6) is 0.129. The minimum Gasteiger partial charge on any atom is -0.493 e. The summed E-state index contributed by atoms with van der Waals surface area (Å²) in [6.45, 7) is 7.29. The first-order valence-corrected chi connectivity index (χ1v) is 21.9. The van der Waals surface area contributed by atoms with E-state index in [0.717, 1.165) is 49.1 Å². The number of amides is 1. The molecule has 0 radical (unpaired) electrons. The SMILES string of the molecule is CC(COc1ccc2c(c1)C1(CCC(Nc3cccc(Cl)c3)(C(=O)O)CC1)[C@@H](C[C@@H](C)COc1ccnc3c1[C@H](C)CCC3)C2)CC(=O)N[C@@H](Cc1ccccc1)C(=O)O. The summed E-state index contributed by atoms with van der Waals surface area (Å²) in [4.78, 5) is 42.7. The highest BCUT2D eigenvalue weighted by Crippen LogP contribution is 2.57. The molecular weight excluding hydrogens is 778 g/mol. The Morgan fingerprint density at radius 3 is 2.42 bits per heavy atom. The minimum absolute atomic E-state index is 0.119. The van der Waals surface area contributed by atoms with E-state index in [1.807, 2.05) is 67.7 Å². The van der Waals surface area contributed by atoms with E-state index in [0.29, 0.717) is 54.7 Å². The van der Waals surface area contributed by atoms with Gasteiger partial charge in [0.25, 0.3) is 0 Å². The lowest BCUT2D eigenvalue weighted by Crippen LogP contribution is -2.53. The van der Waals surface area contributed by atoms with Gasteiger partial charge in [0.05, 0.1) is 13.2 Å². The van der Waals surface area contributed by atoms with E-state index in [4.69, 9.17) is 21.1 Å². The molecular formula is C49H58ClN3O7. The maximum absolute atomic E-state index is 13.1. The second-order valence-electron chi connectivity index (χ2n) is 17.8. The van der Waals surface area contributed by atoms with Gasteiger partial charge in [-0.15, -0.1) is 0 Å². The van der Waals surface area contributed by atoms with Crippen LogP contribution in [0.4, 0.5) is 5.69 Å². The van der Waals surface area contributed by atoms with Gasteiger partial charge in [-0.25, -0.2) is 9.59 Å². The molecule has 3 aliphatic carbocycles. The summed E-state index contributed by atoms with van der Waals surface area (Å²) < 4.78 is 12.9. The van der Waals surface area contributed by atoms with Crippen molar-refractivity contribution in [1.82, 2.24) is 10.3 Å². The average Bonchev–Trinajstić information content (AvgIpc) is 3.51. The molecule has 1 fully saturated rings. The first-order valence-electron chi connectivity index (χ1n) is 21.5. The zero-order valence-corrected chi connectivity index (χ0v) is 35.7. The topological polar surface area (TPSA) is 147 Å². The van der Waals surface area contributed by atoms with E-state index in [9.17, 15) is 24.6 Å². The van der Waals surface area contributed by atoms with Crippen LogP contribution in [0.25, 0.3) is 0 Å². The second kappa shape index (κ2) is 18.7. The highest BCUT2D eigenvalue weighted by Gasteiger charge is 2.54. The molecule has 1 saturated carbocycles. The highest BCUT2D eigenvalue weighted by molar-refractivity contribution is 6.30. The number of aliphatic carboxylic acids is 2. The summed E-state index contributed by atoms with van der Waals surface area (Å²) >= 11 is 6.31.